The van der Waals surface area contributed by atoms with Gasteiger partial charge in [-0.1, -0.05) is 29.8 Å². The van der Waals surface area contributed by atoms with E-state index in [4.69, 9.17) is 11.6 Å². The van der Waals surface area contributed by atoms with Gasteiger partial charge in [0.15, 0.2) is 5.82 Å². The Balaban J connectivity index is 1.42. The van der Waals surface area contributed by atoms with Crippen molar-refractivity contribution in [3.63, 3.8) is 0 Å². The van der Waals surface area contributed by atoms with Gasteiger partial charge in [-0.05, 0) is 36.8 Å². The highest BCUT2D eigenvalue weighted by molar-refractivity contribution is 6.30. The second-order valence-corrected chi connectivity index (χ2v) is 7.45. The van der Waals surface area contributed by atoms with E-state index in [2.05, 4.69) is 21.8 Å². The van der Waals surface area contributed by atoms with Gasteiger partial charge < -0.3 is 9.80 Å². The van der Waals surface area contributed by atoms with Crippen molar-refractivity contribution < 1.29 is 9.18 Å². The Labute approximate surface area is 173 Å². The number of nitrogens with zero attached hydrogens (tertiary/aromatic N) is 4. The van der Waals surface area contributed by atoms with E-state index in [1.807, 2.05) is 18.2 Å². The number of carbonyl (C=O) groups excluding carboxylic acids is 1. The Morgan fingerprint density at radius 3 is 2.45 bits per heavy atom. The molecule has 1 aliphatic rings. The molecule has 0 N–H and O–H groups in total. The average Bonchev–Trinajstić information content (AvgIpc) is 2.75. The van der Waals surface area contributed by atoms with Gasteiger partial charge in [-0.3, -0.25) is 4.79 Å². The first-order chi connectivity index (χ1) is 14.0. The molecular weight excluding hydrogens is 391 g/mol. The molecule has 1 saturated heterocycles. The van der Waals surface area contributed by atoms with Crippen molar-refractivity contribution in [2.24, 2.45) is 0 Å². The number of carbonyl (C=O) groups is 1. The van der Waals surface area contributed by atoms with Gasteiger partial charge in [-0.25, -0.2) is 14.4 Å². The summed E-state index contributed by atoms with van der Waals surface area (Å²) in [5.41, 5.74) is 3.27. The largest absolute Gasteiger partial charge is 0.368 e. The number of amides is 1. The van der Waals surface area contributed by atoms with Gasteiger partial charge >= 0.3 is 0 Å². The molecule has 29 heavy (non-hydrogen) atoms. The summed E-state index contributed by atoms with van der Waals surface area (Å²) in [7, 11) is 0. The molecule has 7 heteroatoms. The van der Waals surface area contributed by atoms with Gasteiger partial charge in [0, 0.05) is 54.8 Å². The molecule has 0 atom stereocenters. The van der Waals surface area contributed by atoms with Crippen LogP contribution >= 0.6 is 11.6 Å². The third-order valence-electron chi connectivity index (χ3n) is 5.06. The first-order valence-corrected chi connectivity index (χ1v) is 9.77. The van der Waals surface area contributed by atoms with Crippen molar-refractivity contribution in [2.75, 3.05) is 31.1 Å². The number of aryl methyl sites for hydroxylation is 1. The fourth-order valence-electron chi connectivity index (χ4n) is 3.47. The highest BCUT2D eigenvalue weighted by Crippen LogP contribution is 2.25. The van der Waals surface area contributed by atoms with E-state index in [-0.39, 0.29) is 11.7 Å². The molecule has 1 amide bonds. The van der Waals surface area contributed by atoms with E-state index in [0.717, 1.165) is 24.3 Å². The number of hydrogen-bond donors (Lipinski definition) is 0. The molecule has 2 heterocycles. The van der Waals surface area contributed by atoms with Gasteiger partial charge in [0.25, 0.3) is 5.91 Å². The van der Waals surface area contributed by atoms with Crippen LogP contribution in [0.2, 0.25) is 5.02 Å². The standard InChI is InChI=1S/C22H20ClFN4O/c1-15-5-6-18(23)12-20(15)27-7-9-28(10-8-27)22(29)17-13-25-21(26-14-17)16-3-2-4-19(24)11-16/h2-6,11-14H,7-10H2,1H3. The lowest BCUT2D eigenvalue weighted by molar-refractivity contribution is 0.0746. The summed E-state index contributed by atoms with van der Waals surface area (Å²) in [5, 5.41) is 0.708. The monoisotopic (exact) mass is 410 g/mol. The zero-order valence-corrected chi connectivity index (χ0v) is 16.7. The van der Waals surface area contributed by atoms with E-state index >= 15 is 0 Å². The number of benzene rings is 2. The maximum absolute atomic E-state index is 13.4. The Bertz CT molecular complexity index is 1030. The van der Waals surface area contributed by atoms with Crippen LogP contribution in [-0.4, -0.2) is 47.0 Å². The number of aromatic nitrogens is 2. The molecular formula is C22H20ClFN4O. The van der Waals surface area contributed by atoms with Crippen LogP contribution in [0.25, 0.3) is 11.4 Å². The van der Waals surface area contributed by atoms with Gasteiger partial charge in [0.1, 0.15) is 5.82 Å². The van der Waals surface area contributed by atoms with E-state index in [1.165, 1.54) is 24.5 Å². The average molecular weight is 411 g/mol. The minimum absolute atomic E-state index is 0.0988. The fraction of sp³-hybridized carbons (Fsp3) is 0.227. The molecule has 4 rings (SSSR count). The minimum atomic E-state index is -0.348. The lowest BCUT2D eigenvalue weighted by Crippen LogP contribution is -2.49. The van der Waals surface area contributed by atoms with E-state index in [9.17, 15) is 9.18 Å². The Kier molecular flexibility index (Phi) is 5.45. The smallest absolute Gasteiger partial charge is 0.257 e. The third kappa shape index (κ3) is 4.22. The Morgan fingerprint density at radius 2 is 1.76 bits per heavy atom. The van der Waals surface area contributed by atoms with Crippen molar-refractivity contribution in [1.29, 1.82) is 0 Å². The molecule has 5 nitrogen and oxygen atoms in total. The van der Waals surface area contributed by atoms with Crippen LogP contribution in [0.1, 0.15) is 15.9 Å². The summed E-state index contributed by atoms with van der Waals surface area (Å²) < 4.78 is 13.4. The first kappa shape index (κ1) is 19.3. The molecule has 0 unspecified atom stereocenters. The van der Waals surface area contributed by atoms with Crippen LogP contribution < -0.4 is 4.90 Å². The van der Waals surface area contributed by atoms with Gasteiger partial charge in [-0.15, -0.1) is 0 Å². The maximum atomic E-state index is 13.4. The van der Waals surface area contributed by atoms with Crippen molar-refractivity contribution in [3.8, 4) is 11.4 Å². The molecule has 1 fully saturated rings. The van der Waals surface area contributed by atoms with E-state index in [1.54, 1.807) is 17.0 Å². The molecule has 0 aliphatic carbocycles. The second kappa shape index (κ2) is 8.17. The summed E-state index contributed by atoms with van der Waals surface area (Å²) in [6, 6.07) is 11.9. The Hall–Kier alpha value is -2.99. The topological polar surface area (TPSA) is 49.3 Å². The van der Waals surface area contributed by atoms with Crippen LogP contribution in [0.4, 0.5) is 10.1 Å². The zero-order valence-electron chi connectivity index (χ0n) is 16.0. The summed E-state index contributed by atoms with van der Waals surface area (Å²) in [5.74, 6) is -0.0559. The summed E-state index contributed by atoms with van der Waals surface area (Å²) in [6.07, 6.45) is 3.01. The van der Waals surface area contributed by atoms with Crippen molar-refractivity contribution >= 4 is 23.2 Å². The minimum Gasteiger partial charge on any atom is -0.368 e. The lowest BCUT2D eigenvalue weighted by atomic mass is 10.1. The number of rotatable bonds is 3. The molecule has 0 bridgehead atoms. The normalized spacial score (nSPS) is 14.2. The molecule has 0 radical (unpaired) electrons. The lowest BCUT2D eigenvalue weighted by Gasteiger charge is -2.36. The predicted molar refractivity (Wildman–Crippen MR) is 112 cm³/mol. The van der Waals surface area contributed by atoms with Crippen molar-refractivity contribution in [1.82, 2.24) is 14.9 Å². The molecule has 2 aromatic carbocycles. The second-order valence-electron chi connectivity index (χ2n) is 7.02. The number of hydrogen-bond acceptors (Lipinski definition) is 4. The summed E-state index contributed by atoms with van der Waals surface area (Å²) in [6.45, 7) is 4.73. The highest BCUT2D eigenvalue weighted by Gasteiger charge is 2.23. The van der Waals surface area contributed by atoms with Crippen LogP contribution in [-0.2, 0) is 0 Å². The van der Waals surface area contributed by atoms with Crippen molar-refractivity contribution in [2.45, 2.75) is 6.92 Å². The summed E-state index contributed by atoms with van der Waals surface area (Å²) >= 11 is 6.13. The highest BCUT2D eigenvalue weighted by atomic mass is 35.5. The number of piperazine rings is 1. The zero-order chi connectivity index (χ0) is 20.4. The first-order valence-electron chi connectivity index (χ1n) is 9.39. The van der Waals surface area contributed by atoms with Crippen LogP contribution in [0.5, 0.6) is 0 Å². The third-order valence-corrected chi connectivity index (χ3v) is 5.30. The van der Waals surface area contributed by atoms with Gasteiger partial charge in [-0.2, -0.15) is 0 Å². The van der Waals surface area contributed by atoms with E-state index in [0.29, 0.717) is 35.1 Å². The van der Waals surface area contributed by atoms with Crippen LogP contribution in [0, 0.1) is 12.7 Å². The van der Waals surface area contributed by atoms with Crippen LogP contribution in [0.15, 0.2) is 54.9 Å². The fourth-order valence-corrected chi connectivity index (χ4v) is 3.64. The Morgan fingerprint density at radius 1 is 1.03 bits per heavy atom. The molecule has 1 aliphatic heterocycles. The SMILES string of the molecule is Cc1ccc(Cl)cc1N1CCN(C(=O)c2cnc(-c3cccc(F)c3)nc2)CC1. The molecule has 148 valence electrons. The van der Waals surface area contributed by atoms with Gasteiger partial charge in [0.2, 0.25) is 0 Å². The quantitative estimate of drug-likeness (QED) is 0.649. The van der Waals surface area contributed by atoms with Crippen LogP contribution in [0.3, 0.4) is 0 Å². The van der Waals surface area contributed by atoms with Crippen molar-refractivity contribution in [3.05, 3.63) is 76.8 Å². The predicted octanol–water partition coefficient (Wildman–Crippen LogP) is 4.21. The van der Waals surface area contributed by atoms with Gasteiger partial charge in [0.05, 0.1) is 5.56 Å². The molecule has 0 saturated carbocycles. The molecule has 3 aromatic rings. The van der Waals surface area contributed by atoms with E-state index < -0.39 is 0 Å². The summed E-state index contributed by atoms with van der Waals surface area (Å²) in [4.78, 5) is 25.3. The number of halogens is 2. The number of anilines is 1. The molecule has 1 aromatic heterocycles. The maximum Gasteiger partial charge on any atom is 0.257 e. The molecule has 0 spiro atoms.